The molecule has 8 nitrogen and oxygen atoms in total. The summed E-state index contributed by atoms with van der Waals surface area (Å²) in [4.78, 5) is 32.0. The van der Waals surface area contributed by atoms with Gasteiger partial charge in [0, 0.05) is 6.04 Å². The lowest BCUT2D eigenvalue weighted by Gasteiger charge is -2.21. The number of amides is 2. The van der Waals surface area contributed by atoms with E-state index in [2.05, 4.69) is 15.9 Å². The van der Waals surface area contributed by atoms with E-state index >= 15 is 0 Å². The van der Waals surface area contributed by atoms with Gasteiger partial charge in [-0.25, -0.2) is 4.79 Å². The van der Waals surface area contributed by atoms with Gasteiger partial charge in [0.1, 0.15) is 5.75 Å². The minimum atomic E-state index is -0.607. The zero-order chi connectivity index (χ0) is 18.5. The number of carbonyl (C=O) groups is 2. The molecule has 0 fully saturated rings. The van der Waals surface area contributed by atoms with Crippen molar-refractivity contribution in [1.82, 2.24) is 15.9 Å². The molecule has 0 saturated heterocycles. The molecule has 8 heteroatoms. The number of phenols is 1. The third kappa shape index (κ3) is 4.58. The van der Waals surface area contributed by atoms with Gasteiger partial charge in [0.2, 0.25) is 5.88 Å². The molecule has 3 rings (SSSR count). The van der Waals surface area contributed by atoms with Gasteiger partial charge >= 0.3 is 6.03 Å². The fourth-order valence-electron chi connectivity index (χ4n) is 2.40. The van der Waals surface area contributed by atoms with Crippen LogP contribution in [0.1, 0.15) is 12.5 Å². The van der Waals surface area contributed by atoms with Crippen molar-refractivity contribution in [2.45, 2.75) is 19.4 Å². The molecule has 2 aliphatic rings. The summed E-state index contributed by atoms with van der Waals surface area (Å²) < 4.78 is 0. The zero-order valence-electron chi connectivity index (χ0n) is 14.0. The van der Waals surface area contributed by atoms with Crippen LogP contribution < -0.4 is 10.9 Å². The molecule has 0 bridgehead atoms. The first-order valence-corrected chi connectivity index (χ1v) is 8.00. The SMILES string of the molecule is CC(Cc1ccc(O)cc1)N1C=C(NC(=O)N=C2C=CC(=O)C=C2)ON1. The number of ketones is 1. The second-order valence-corrected chi connectivity index (χ2v) is 5.85. The summed E-state index contributed by atoms with van der Waals surface area (Å²) in [5.41, 5.74) is 4.14. The molecule has 1 atom stereocenters. The summed E-state index contributed by atoms with van der Waals surface area (Å²) in [6.45, 7) is 1.99. The molecule has 2 amide bonds. The Kier molecular flexibility index (Phi) is 5.14. The van der Waals surface area contributed by atoms with Crippen molar-refractivity contribution in [3.05, 3.63) is 66.2 Å². The highest BCUT2D eigenvalue weighted by molar-refractivity contribution is 6.18. The Balaban J connectivity index is 1.55. The first kappa shape index (κ1) is 17.4. The number of phenolic OH excluding ortho intramolecular Hbond substituents is 1. The fraction of sp³-hybridized carbons (Fsp3) is 0.167. The van der Waals surface area contributed by atoms with Crippen LogP contribution in [-0.2, 0) is 16.1 Å². The standard InChI is InChI=1S/C18H18N4O4/c1-12(10-13-2-6-15(23)7-3-13)22-11-17(26-21-22)20-18(25)19-14-4-8-16(24)9-5-14/h2-9,11-12,21,23H,10H2,1H3,(H,20,25). The molecule has 0 radical (unpaired) electrons. The second-order valence-electron chi connectivity index (χ2n) is 5.85. The summed E-state index contributed by atoms with van der Waals surface area (Å²) in [6.07, 6.45) is 7.95. The highest BCUT2D eigenvalue weighted by Gasteiger charge is 2.20. The van der Waals surface area contributed by atoms with Crippen molar-refractivity contribution in [1.29, 1.82) is 0 Å². The molecule has 26 heavy (non-hydrogen) atoms. The number of carbonyl (C=O) groups excluding carboxylic acids is 2. The van der Waals surface area contributed by atoms with E-state index in [0.29, 0.717) is 12.1 Å². The monoisotopic (exact) mass is 354 g/mol. The van der Waals surface area contributed by atoms with Crippen LogP contribution in [0.4, 0.5) is 4.79 Å². The van der Waals surface area contributed by atoms with Gasteiger partial charge in [0.25, 0.3) is 0 Å². The van der Waals surface area contributed by atoms with Gasteiger partial charge in [0.15, 0.2) is 5.78 Å². The number of hydrazine groups is 1. The molecule has 1 aromatic carbocycles. The van der Waals surface area contributed by atoms with E-state index in [1.54, 1.807) is 23.3 Å². The lowest BCUT2D eigenvalue weighted by atomic mass is 10.1. The zero-order valence-corrected chi connectivity index (χ0v) is 14.0. The lowest BCUT2D eigenvalue weighted by Crippen LogP contribution is -2.37. The topological polar surface area (TPSA) is 103 Å². The number of hydrogen-bond acceptors (Lipinski definition) is 6. The Morgan fingerprint density at radius 2 is 1.96 bits per heavy atom. The molecule has 1 aromatic rings. The number of allylic oxidation sites excluding steroid dienone is 4. The molecule has 0 spiro atoms. The molecule has 1 aliphatic carbocycles. The Bertz CT molecular complexity index is 806. The fourth-order valence-corrected chi connectivity index (χ4v) is 2.40. The van der Waals surface area contributed by atoms with Crippen LogP contribution in [0.15, 0.2) is 65.6 Å². The Hall–Kier alpha value is -3.39. The first-order valence-electron chi connectivity index (χ1n) is 8.00. The number of nitrogens with zero attached hydrogens (tertiary/aromatic N) is 2. The second kappa shape index (κ2) is 7.66. The predicted octanol–water partition coefficient (Wildman–Crippen LogP) is 1.72. The minimum absolute atomic E-state index is 0.0375. The average molecular weight is 354 g/mol. The molecule has 0 saturated carbocycles. The van der Waals surface area contributed by atoms with Crippen molar-refractivity contribution in [2.24, 2.45) is 4.99 Å². The number of urea groups is 1. The third-order valence-corrected chi connectivity index (χ3v) is 3.76. The highest BCUT2D eigenvalue weighted by Crippen LogP contribution is 2.15. The maximum absolute atomic E-state index is 11.9. The van der Waals surface area contributed by atoms with Gasteiger partial charge < -0.3 is 9.94 Å². The molecule has 134 valence electrons. The lowest BCUT2D eigenvalue weighted by molar-refractivity contribution is -0.110. The van der Waals surface area contributed by atoms with Gasteiger partial charge in [-0.1, -0.05) is 17.7 Å². The number of hydrogen-bond donors (Lipinski definition) is 3. The minimum Gasteiger partial charge on any atom is -0.508 e. The molecule has 0 aromatic heterocycles. The molecular weight excluding hydrogens is 336 g/mol. The molecular formula is C18H18N4O4. The van der Waals surface area contributed by atoms with Crippen molar-refractivity contribution in [3.63, 3.8) is 0 Å². The normalized spacial score (nSPS) is 17.0. The van der Waals surface area contributed by atoms with Crippen LogP contribution in [0.25, 0.3) is 0 Å². The molecule has 1 aliphatic heterocycles. The molecule has 3 N–H and O–H groups in total. The Labute approximate surface area is 150 Å². The van der Waals surface area contributed by atoms with E-state index in [4.69, 9.17) is 4.84 Å². The van der Waals surface area contributed by atoms with Crippen molar-refractivity contribution in [3.8, 4) is 5.75 Å². The Morgan fingerprint density at radius 1 is 1.27 bits per heavy atom. The maximum atomic E-state index is 11.9. The van der Waals surface area contributed by atoms with Crippen LogP contribution in [0.2, 0.25) is 0 Å². The third-order valence-electron chi connectivity index (χ3n) is 3.76. The summed E-state index contributed by atoms with van der Waals surface area (Å²) in [7, 11) is 0. The predicted molar refractivity (Wildman–Crippen MR) is 94.7 cm³/mol. The van der Waals surface area contributed by atoms with E-state index in [9.17, 15) is 14.7 Å². The largest absolute Gasteiger partial charge is 0.508 e. The number of benzene rings is 1. The summed E-state index contributed by atoms with van der Waals surface area (Å²) in [5.74, 6) is 0.299. The van der Waals surface area contributed by atoms with Crippen LogP contribution >= 0.6 is 0 Å². The number of rotatable bonds is 4. The van der Waals surface area contributed by atoms with Crippen LogP contribution in [0.3, 0.4) is 0 Å². The highest BCUT2D eigenvalue weighted by atomic mass is 16.7. The number of aliphatic imine (C=N–C) groups is 1. The Morgan fingerprint density at radius 3 is 2.65 bits per heavy atom. The van der Waals surface area contributed by atoms with E-state index in [-0.39, 0.29) is 23.5 Å². The van der Waals surface area contributed by atoms with Crippen molar-refractivity contribution < 1.29 is 19.5 Å². The van der Waals surface area contributed by atoms with Gasteiger partial charge in [-0.05, 0) is 55.3 Å². The van der Waals surface area contributed by atoms with Gasteiger partial charge in [-0.15, -0.1) is 0 Å². The van der Waals surface area contributed by atoms with Crippen molar-refractivity contribution in [2.75, 3.05) is 0 Å². The summed E-state index contributed by atoms with van der Waals surface area (Å²) in [6, 6.07) is 6.40. The smallest absolute Gasteiger partial charge is 0.348 e. The van der Waals surface area contributed by atoms with E-state index in [0.717, 1.165) is 5.56 Å². The van der Waals surface area contributed by atoms with E-state index in [1.807, 2.05) is 19.1 Å². The summed E-state index contributed by atoms with van der Waals surface area (Å²) in [5, 5.41) is 13.6. The van der Waals surface area contributed by atoms with E-state index < -0.39 is 6.03 Å². The summed E-state index contributed by atoms with van der Waals surface area (Å²) >= 11 is 0. The van der Waals surface area contributed by atoms with Crippen LogP contribution in [0.5, 0.6) is 5.75 Å². The van der Waals surface area contributed by atoms with Crippen LogP contribution in [-0.4, -0.2) is 33.7 Å². The van der Waals surface area contributed by atoms with E-state index in [1.165, 1.54) is 24.3 Å². The van der Waals surface area contributed by atoms with Gasteiger partial charge in [-0.2, -0.15) is 4.99 Å². The quantitative estimate of drug-likeness (QED) is 0.712. The maximum Gasteiger partial charge on any atom is 0.348 e. The molecule has 1 heterocycles. The van der Waals surface area contributed by atoms with Crippen LogP contribution in [0, 0.1) is 0 Å². The average Bonchev–Trinajstić information content (AvgIpc) is 3.07. The molecule has 1 unspecified atom stereocenters. The number of nitrogens with one attached hydrogen (secondary N) is 2. The number of aromatic hydroxyl groups is 1. The van der Waals surface area contributed by atoms with Crippen molar-refractivity contribution >= 4 is 17.5 Å². The van der Waals surface area contributed by atoms with Gasteiger partial charge in [0.05, 0.1) is 11.9 Å². The van der Waals surface area contributed by atoms with Gasteiger partial charge in [-0.3, -0.25) is 15.1 Å². The first-order chi connectivity index (χ1) is 12.5.